The Morgan fingerprint density at radius 1 is 1.70 bits per heavy atom. The molecule has 0 aromatic heterocycles. The summed E-state index contributed by atoms with van der Waals surface area (Å²) in [6, 6.07) is 0. The van der Waals surface area contributed by atoms with Crippen molar-refractivity contribution in [2.24, 2.45) is 5.92 Å². The molecule has 0 atom stereocenters. The molecule has 1 heterocycles. The van der Waals surface area contributed by atoms with Gasteiger partial charge in [0, 0.05) is 6.42 Å². The minimum absolute atomic E-state index is 0.0631. The van der Waals surface area contributed by atoms with Gasteiger partial charge in [-0.15, -0.1) is 6.42 Å². The van der Waals surface area contributed by atoms with Gasteiger partial charge in [-0.05, 0) is 31.3 Å². The maximum Gasteiger partial charge on any atom is 0.205 e. The average Bonchev–Trinajstić information content (AvgIpc) is 1.84. The zero-order chi connectivity index (χ0) is 7.40. The first-order valence-electron chi connectivity index (χ1n) is 3.53. The van der Waals surface area contributed by atoms with Gasteiger partial charge in [-0.3, -0.25) is 4.79 Å². The van der Waals surface area contributed by atoms with Crippen molar-refractivity contribution in [3.8, 4) is 12.3 Å². The summed E-state index contributed by atoms with van der Waals surface area (Å²) in [4.78, 5) is 10.6. The predicted octanol–water partition coefficient (Wildman–Crippen LogP) is 0.188. The highest BCUT2D eigenvalue weighted by atomic mass is 16.1. The summed E-state index contributed by atoms with van der Waals surface area (Å²) in [6.45, 7) is 2.11. The second-order valence-corrected chi connectivity index (χ2v) is 2.63. The van der Waals surface area contributed by atoms with Crippen molar-refractivity contribution >= 4 is 5.78 Å². The summed E-state index contributed by atoms with van der Waals surface area (Å²) < 4.78 is 0. The Morgan fingerprint density at radius 2 is 2.40 bits per heavy atom. The van der Waals surface area contributed by atoms with Crippen molar-refractivity contribution in [1.82, 2.24) is 5.32 Å². The Labute approximate surface area is 61.0 Å². The first-order valence-corrected chi connectivity index (χ1v) is 3.53. The zero-order valence-corrected chi connectivity index (χ0v) is 5.89. The minimum atomic E-state index is -0.0631. The van der Waals surface area contributed by atoms with Crippen molar-refractivity contribution in [3.05, 3.63) is 0 Å². The fraction of sp³-hybridized carbons (Fsp3) is 0.625. The lowest BCUT2D eigenvalue weighted by atomic mass is 9.96. The molecule has 0 spiro atoms. The molecule has 0 amide bonds. The molecule has 0 aromatic rings. The number of carbonyl (C=O) groups excluding carboxylic acids is 1. The molecular weight excluding hydrogens is 126 g/mol. The lowest BCUT2D eigenvalue weighted by Gasteiger charge is -2.26. The molecule has 1 fully saturated rings. The van der Waals surface area contributed by atoms with Crippen LogP contribution in [-0.4, -0.2) is 18.9 Å². The van der Waals surface area contributed by atoms with E-state index in [1.807, 2.05) is 0 Å². The molecule has 1 aliphatic rings. The molecule has 10 heavy (non-hydrogen) atoms. The van der Waals surface area contributed by atoms with Gasteiger partial charge in [0.2, 0.25) is 5.78 Å². The van der Waals surface area contributed by atoms with Gasteiger partial charge >= 0.3 is 0 Å². The summed E-state index contributed by atoms with van der Waals surface area (Å²) >= 11 is 0. The van der Waals surface area contributed by atoms with Crippen LogP contribution in [0.5, 0.6) is 0 Å². The van der Waals surface area contributed by atoms with Gasteiger partial charge in [0.1, 0.15) is 0 Å². The minimum Gasteiger partial charge on any atom is -0.316 e. The van der Waals surface area contributed by atoms with Gasteiger partial charge in [0.05, 0.1) is 0 Å². The Balaban J connectivity index is 2.05. The van der Waals surface area contributed by atoms with Gasteiger partial charge in [0.15, 0.2) is 0 Å². The quantitative estimate of drug-likeness (QED) is 0.444. The van der Waals surface area contributed by atoms with E-state index in [2.05, 4.69) is 11.2 Å². The number of rotatable bonds is 3. The maximum absolute atomic E-state index is 10.6. The van der Waals surface area contributed by atoms with Gasteiger partial charge in [-0.25, -0.2) is 0 Å². The Hall–Kier alpha value is -0.810. The summed E-state index contributed by atoms with van der Waals surface area (Å²) in [5.74, 6) is 2.74. The first-order chi connectivity index (χ1) is 4.83. The van der Waals surface area contributed by atoms with E-state index in [4.69, 9.17) is 6.42 Å². The molecule has 0 aromatic carbocycles. The molecule has 1 aliphatic heterocycles. The standard InChI is InChI=1S/C8H11NO/c1-2-8(10)4-3-7-5-9-6-7/h1,7,9H,3-6H2. The van der Waals surface area contributed by atoms with E-state index in [1.165, 1.54) is 0 Å². The van der Waals surface area contributed by atoms with Gasteiger partial charge in [0.25, 0.3) is 0 Å². The second kappa shape index (κ2) is 3.38. The van der Waals surface area contributed by atoms with Crippen LogP contribution in [0.2, 0.25) is 0 Å². The highest BCUT2D eigenvalue weighted by Crippen LogP contribution is 2.10. The summed E-state index contributed by atoms with van der Waals surface area (Å²) in [5, 5.41) is 3.14. The molecule has 0 aliphatic carbocycles. The third kappa shape index (κ3) is 1.85. The van der Waals surface area contributed by atoms with Crippen LogP contribution in [-0.2, 0) is 4.79 Å². The molecule has 1 rings (SSSR count). The van der Waals surface area contributed by atoms with Gasteiger partial charge in [-0.1, -0.05) is 0 Å². The van der Waals surface area contributed by atoms with E-state index in [1.54, 1.807) is 0 Å². The van der Waals surface area contributed by atoms with Crippen LogP contribution in [0.4, 0.5) is 0 Å². The number of ketones is 1. The van der Waals surface area contributed by atoms with Crippen LogP contribution in [0.25, 0.3) is 0 Å². The van der Waals surface area contributed by atoms with Crippen molar-refractivity contribution in [2.45, 2.75) is 12.8 Å². The number of Topliss-reactive ketones (excluding diaryl/α,β-unsaturated/α-hetero) is 1. The number of carbonyl (C=O) groups is 1. The van der Waals surface area contributed by atoms with E-state index < -0.39 is 0 Å². The predicted molar refractivity (Wildman–Crippen MR) is 39.4 cm³/mol. The van der Waals surface area contributed by atoms with Crippen molar-refractivity contribution in [2.75, 3.05) is 13.1 Å². The monoisotopic (exact) mass is 137 g/mol. The zero-order valence-electron chi connectivity index (χ0n) is 5.89. The van der Waals surface area contributed by atoms with Gasteiger partial charge < -0.3 is 5.32 Å². The normalized spacial score (nSPS) is 17.5. The summed E-state index contributed by atoms with van der Waals surface area (Å²) in [5.41, 5.74) is 0. The lowest BCUT2D eigenvalue weighted by molar-refractivity contribution is -0.114. The van der Waals surface area contributed by atoms with E-state index in [-0.39, 0.29) is 5.78 Å². The second-order valence-electron chi connectivity index (χ2n) is 2.63. The van der Waals surface area contributed by atoms with E-state index in [0.717, 1.165) is 19.5 Å². The van der Waals surface area contributed by atoms with Crippen molar-refractivity contribution < 1.29 is 4.79 Å². The number of terminal acetylenes is 1. The SMILES string of the molecule is C#CC(=O)CCC1CNC1. The van der Waals surface area contributed by atoms with Crippen LogP contribution >= 0.6 is 0 Å². The third-order valence-electron chi connectivity index (χ3n) is 1.81. The molecule has 2 heteroatoms. The third-order valence-corrected chi connectivity index (χ3v) is 1.81. The molecule has 0 saturated carbocycles. The summed E-state index contributed by atoms with van der Waals surface area (Å²) in [6.07, 6.45) is 6.42. The first kappa shape index (κ1) is 7.30. The van der Waals surface area contributed by atoms with Crippen LogP contribution in [0.15, 0.2) is 0 Å². The number of nitrogens with one attached hydrogen (secondary N) is 1. The molecule has 1 N–H and O–H groups in total. The fourth-order valence-corrected chi connectivity index (χ4v) is 0.960. The molecular formula is C8H11NO. The Kier molecular flexibility index (Phi) is 2.47. The highest BCUT2D eigenvalue weighted by Gasteiger charge is 2.16. The number of hydrogen-bond acceptors (Lipinski definition) is 2. The van der Waals surface area contributed by atoms with E-state index >= 15 is 0 Å². The fourth-order valence-electron chi connectivity index (χ4n) is 0.960. The summed E-state index contributed by atoms with van der Waals surface area (Å²) in [7, 11) is 0. The Morgan fingerprint density at radius 3 is 2.80 bits per heavy atom. The molecule has 0 unspecified atom stereocenters. The van der Waals surface area contributed by atoms with Crippen LogP contribution < -0.4 is 5.32 Å². The molecule has 54 valence electrons. The van der Waals surface area contributed by atoms with E-state index in [0.29, 0.717) is 12.3 Å². The van der Waals surface area contributed by atoms with Crippen molar-refractivity contribution in [1.29, 1.82) is 0 Å². The molecule has 0 bridgehead atoms. The van der Waals surface area contributed by atoms with Gasteiger partial charge in [-0.2, -0.15) is 0 Å². The number of hydrogen-bond donors (Lipinski definition) is 1. The smallest absolute Gasteiger partial charge is 0.205 e. The molecule has 2 nitrogen and oxygen atoms in total. The molecule has 1 saturated heterocycles. The van der Waals surface area contributed by atoms with Crippen molar-refractivity contribution in [3.63, 3.8) is 0 Å². The highest BCUT2D eigenvalue weighted by molar-refractivity contribution is 5.94. The van der Waals surface area contributed by atoms with Crippen LogP contribution in [0, 0.1) is 18.3 Å². The van der Waals surface area contributed by atoms with E-state index in [9.17, 15) is 4.79 Å². The Bertz CT molecular complexity index is 165. The largest absolute Gasteiger partial charge is 0.316 e. The molecule has 0 radical (unpaired) electrons. The lowest BCUT2D eigenvalue weighted by Crippen LogP contribution is -2.41. The average molecular weight is 137 g/mol. The van der Waals surface area contributed by atoms with Crippen LogP contribution in [0.3, 0.4) is 0 Å². The maximum atomic E-state index is 10.6. The van der Waals surface area contributed by atoms with Crippen LogP contribution in [0.1, 0.15) is 12.8 Å². The topological polar surface area (TPSA) is 29.1 Å².